The molecule has 0 radical (unpaired) electrons. The molecule has 0 saturated heterocycles. The van der Waals surface area contributed by atoms with Crippen molar-refractivity contribution in [2.75, 3.05) is 0 Å². The molecular formula is C15H14Cl2O. The molecule has 0 aliphatic carbocycles. The van der Waals surface area contributed by atoms with Crippen LogP contribution in [-0.4, -0.2) is 5.11 Å². The molecule has 1 nitrogen and oxygen atoms in total. The highest BCUT2D eigenvalue weighted by atomic mass is 35.5. The van der Waals surface area contributed by atoms with Crippen LogP contribution in [0.1, 0.15) is 22.8 Å². The summed E-state index contributed by atoms with van der Waals surface area (Å²) in [5, 5.41) is 11.5. The zero-order valence-electron chi connectivity index (χ0n) is 10.0. The van der Waals surface area contributed by atoms with Crippen LogP contribution in [0, 0.1) is 6.92 Å². The molecule has 94 valence electrons. The van der Waals surface area contributed by atoms with Gasteiger partial charge in [0, 0.05) is 16.5 Å². The summed E-state index contributed by atoms with van der Waals surface area (Å²) < 4.78 is 0. The largest absolute Gasteiger partial charge is 0.388 e. The first-order valence-corrected chi connectivity index (χ1v) is 6.50. The van der Waals surface area contributed by atoms with Gasteiger partial charge in [-0.3, -0.25) is 0 Å². The highest BCUT2D eigenvalue weighted by Crippen LogP contribution is 2.27. The van der Waals surface area contributed by atoms with Crippen molar-refractivity contribution in [1.82, 2.24) is 0 Å². The first-order chi connectivity index (χ1) is 8.56. The lowest BCUT2D eigenvalue weighted by Gasteiger charge is -2.13. The minimum absolute atomic E-state index is 0.528. The Kier molecular flexibility index (Phi) is 4.28. The highest BCUT2D eigenvalue weighted by molar-refractivity contribution is 6.31. The fourth-order valence-electron chi connectivity index (χ4n) is 1.86. The van der Waals surface area contributed by atoms with Gasteiger partial charge in [0.05, 0.1) is 6.10 Å². The van der Waals surface area contributed by atoms with E-state index in [4.69, 9.17) is 23.2 Å². The Morgan fingerprint density at radius 2 is 1.72 bits per heavy atom. The lowest BCUT2D eigenvalue weighted by molar-refractivity contribution is 0.178. The van der Waals surface area contributed by atoms with Crippen LogP contribution in [0.25, 0.3) is 0 Å². The van der Waals surface area contributed by atoms with Crippen LogP contribution in [0.15, 0.2) is 42.5 Å². The molecule has 0 amide bonds. The number of rotatable bonds is 3. The second-order valence-electron chi connectivity index (χ2n) is 4.37. The number of hydrogen-bond acceptors (Lipinski definition) is 1. The molecule has 18 heavy (non-hydrogen) atoms. The van der Waals surface area contributed by atoms with E-state index in [1.54, 1.807) is 0 Å². The molecule has 0 heterocycles. The Morgan fingerprint density at radius 3 is 2.33 bits per heavy atom. The first kappa shape index (κ1) is 13.4. The van der Waals surface area contributed by atoms with Crippen LogP contribution in [-0.2, 0) is 6.42 Å². The van der Waals surface area contributed by atoms with Gasteiger partial charge in [-0.15, -0.1) is 0 Å². The normalized spacial score (nSPS) is 12.4. The average molecular weight is 281 g/mol. The van der Waals surface area contributed by atoms with Gasteiger partial charge in [0.15, 0.2) is 0 Å². The Bertz CT molecular complexity index is 535. The molecule has 2 aromatic carbocycles. The van der Waals surface area contributed by atoms with Crippen molar-refractivity contribution in [2.45, 2.75) is 19.4 Å². The van der Waals surface area contributed by atoms with Gasteiger partial charge in [-0.25, -0.2) is 0 Å². The molecule has 0 aromatic heterocycles. The molecule has 1 N–H and O–H groups in total. The van der Waals surface area contributed by atoms with Crippen LogP contribution in [0.5, 0.6) is 0 Å². The Balaban J connectivity index is 2.16. The fraction of sp³-hybridized carbons (Fsp3) is 0.200. The Hall–Kier alpha value is -1.02. The van der Waals surface area contributed by atoms with Gasteiger partial charge in [0.1, 0.15) is 0 Å². The summed E-state index contributed by atoms with van der Waals surface area (Å²) in [6, 6.07) is 13.1. The fourth-order valence-corrected chi connectivity index (χ4v) is 2.34. The van der Waals surface area contributed by atoms with Crippen molar-refractivity contribution < 1.29 is 5.11 Å². The van der Waals surface area contributed by atoms with Crippen molar-refractivity contribution >= 4 is 23.2 Å². The molecule has 1 unspecified atom stereocenters. The monoisotopic (exact) mass is 280 g/mol. The minimum atomic E-state index is -0.598. The van der Waals surface area contributed by atoms with Gasteiger partial charge in [-0.1, -0.05) is 47.5 Å². The molecule has 2 rings (SSSR count). The maximum absolute atomic E-state index is 10.2. The van der Waals surface area contributed by atoms with E-state index in [1.807, 2.05) is 49.4 Å². The molecule has 0 spiro atoms. The van der Waals surface area contributed by atoms with Crippen LogP contribution in [0.3, 0.4) is 0 Å². The van der Waals surface area contributed by atoms with Gasteiger partial charge in [0.2, 0.25) is 0 Å². The minimum Gasteiger partial charge on any atom is -0.388 e. The zero-order chi connectivity index (χ0) is 13.1. The smallest absolute Gasteiger partial charge is 0.0844 e. The van der Waals surface area contributed by atoms with E-state index in [-0.39, 0.29) is 0 Å². The van der Waals surface area contributed by atoms with Crippen LogP contribution < -0.4 is 0 Å². The predicted octanol–water partition coefficient (Wildman–Crippen LogP) is 4.58. The highest BCUT2D eigenvalue weighted by Gasteiger charge is 2.12. The standard InChI is InChI=1S/C15H14Cl2O/c1-10-2-7-13(14(17)8-10)15(18)9-11-3-5-12(16)6-4-11/h2-8,15,18H,9H2,1H3. The molecule has 2 aromatic rings. The third-order valence-corrected chi connectivity index (χ3v) is 3.44. The number of aryl methyl sites for hydroxylation is 1. The number of halogens is 2. The van der Waals surface area contributed by atoms with Crippen LogP contribution >= 0.6 is 23.2 Å². The third-order valence-electron chi connectivity index (χ3n) is 2.86. The second kappa shape index (κ2) is 5.75. The number of benzene rings is 2. The van der Waals surface area contributed by atoms with E-state index in [0.29, 0.717) is 16.5 Å². The van der Waals surface area contributed by atoms with E-state index in [1.165, 1.54) is 0 Å². The van der Waals surface area contributed by atoms with Crippen LogP contribution in [0.4, 0.5) is 0 Å². The second-order valence-corrected chi connectivity index (χ2v) is 5.21. The van der Waals surface area contributed by atoms with Gasteiger partial charge in [-0.05, 0) is 41.8 Å². The van der Waals surface area contributed by atoms with Crippen molar-refractivity contribution in [3.63, 3.8) is 0 Å². The van der Waals surface area contributed by atoms with Gasteiger partial charge < -0.3 is 5.11 Å². The van der Waals surface area contributed by atoms with E-state index >= 15 is 0 Å². The summed E-state index contributed by atoms with van der Waals surface area (Å²) in [7, 11) is 0. The van der Waals surface area contributed by atoms with Gasteiger partial charge in [-0.2, -0.15) is 0 Å². The summed E-state index contributed by atoms with van der Waals surface area (Å²) in [6.07, 6.45) is -0.0702. The molecule has 0 saturated carbocycles. The number of aliphatic hydroxyl groups excluding tert-OH is 1. The van der Waals surface area contributed by atoms with Crippen molar-refractivity contribution in [1.29, 1.82) is 0 Å². The average Bonchev–Trinajstić information content (AvgIpc) is 2.32. The predicted molar refractivity (Wildman–Crippen MR) is 76.3 cm³/mol. The van der Waals surface area contributed by atoms with Crippen molar-refractivity contribution in [3.8, 4) is 0 Å². The summed E-state index contributed by atoms with van der Waals surface area (Å²) >= 11 is 12.0. The molecular weight excluding hydrogens is 267 g/mol. The number of aliphatic hydroxyl groups is 1. The Morgan fingerprint density at radius 1 is 1.06 bits per heavy atom. The summed E-state index contributed by atoms with van der Waals surface area (Å²) in [6.45, 7) is 1.97. The first-order valence-electron chi connectivity index (χ1n) is 5.75. The topological polar surface area (TPSA) is 20.2 Å². The van der Waals surface area contributed by atoms with E-state index in [0.717, 1.165) is 16.7 Å². The van der Waals surface area contributed by atoms with E-state index < -0.39 is 6.10 Å². The van der Waals surface area contributed by atoms with Gasteiger partial charge in [0.25, 0.3) is 0 Å². The lowest BCUT2D eigenvalue weighted by atomic mass is 10.0. The quantitative estimate of drug-likeness (QED) is 0.873. The van der Waals surface area contributed by atoms with E-state index in [9.17, 15) is 5.11 Å². The molecule has 0 aliphatic rings. The molecule has 0 bridgehead atoms. The van der Waals surface area contributed by atoms with Crippen molar-refractivity contribution in [3.05, 3.63) is 69.2 Å². The summed E-state index contributed by atoms with van der Waals surface area (Å²) in [5.41, 5.74) is 2.88. The molecule has 1 atom stereocenters. The SMILES string of the molecule is Cc1ccc(C(O)Cc2ccc(Cl)cc2)c(Cl)c1. The Labute approximate surface area is 117 Å². The summed E-state index contributed by atoms with van der Waals surface area (Å²) in [5.74, 6) is 0. The maximum Gasteiger partial charge on any atom is 0.0844 e. The molecule has 0 fully saturated rings. The zero-order valence-corrected chi connectivity index (χ0v) is 11.5. The van der Waals surface area contributed by atoms with Crippen molar-refractivity contribution in [2.24, 2.45) is 0 Å². The molecule has 0 aliphatic heterocycles. The molecule has 3 heteroatoms. The number of hydrogen-bond donors (Lipinski definition) is 1. The van der Waals surface area contributed by atoms with Gasteiger partial charge >= 0.3 is 0 Å². The lowest BCUT2D eigenvalue weighted by Crippen LogP contribution is -2.02. The van der Waals surface area contributed by atoms with Crippen LogP contribution in [0.2, 0.25) is 10.0 Å². The third kappa shape index (κ3) is 3.26. The summed E-state index contributed by atoms with van der Waals surface area (Å²) in [4.78, 5) is 0. The maximum atomic E-state index is 10.2. The van der Waals surface area contributed by atoms with E-state index in [2.05, 4.69) is 0 Å².